The van der Waals surface area contributed by atoms with E-state index in [0.717, 1.165) is 96.2 Å². The zero-order valence-electron chi connectivity index (χ0n) is 21.2. The summed E-state index contributed by atoms with van der Waals surface area (Å²) in [6, 6.07) is 0. The van der Waals surface area contributed by atoms with Crippen molar-refractivity contribution in [2.75, 3.05) is 39.4 Å². The van der Waals surface area contributed by atoms with Crippen LogP contribution in [-0.4, -0.2) is 61.0 Å². The topological polar surface area (TPSA) is 49.9 Å². The summed E-state index contributed by atoms with van der Waals surface area (Å²) in [5, 5.41) is 0. The van der Waals surface area contributed by atoms with Gasteiger partial charge >= 0.3 is 0 Å². The third-order valence-corrected chi connectivity index (χ3v) is 8.43. The molecule has 3 fully saturated rings. The van der Waals surface area contributed by atoms with Crippen LogP contribution in [0.15, 0.2) is 0 Å². The van der Waals surface area contributed by atoms with Crippen molar-refractivity contribution < 1.29 is 14.3 Å². The van der Waals surface area contributed by atoms with E-state index in [1.165, 1.54) is 12.8 Å². The van der Waals surface area contributed by atoms with Crippen molar-refractivity contribution in [1.82, 2.24) is 9.80 Å². The van der Waals surface area contributed by atoms with Crippen molar-refractivity contribution in [2.45, 2.75) is 85.5 Å². The number of carbonyl (C=O) groups excluding carboxylic acids is 2. The molecule has 1 saturated carbocycles. The maximum absolute atomic E-state index is 12.9. The molecule has 3 rings (SSSR count). The lowest BCUT2D eigenvalue weighted by molar-refractivity contribution is -0.139. The van der Waals surface area contributed by atoms with Crippen LogP contribution in [0.2, 0.25) is 0 Å². The Kier molecular flexibility index (Phi) is 9.88. The number of ether oxygens (including phenoxy) is 1. The minimum Gasteiger partial charge on any atom is -0.381 e. The molecule has 0 N–H and O–H groups in total. The third-order valence-electron chi connectivity index (χ3n) is 8.43. The van der Waals surface area contributed by atoms with Gasteiger partial charge in [0.25, 0.3) is 0 Å². The standard InChI is InChI=1S/C27H48N2O3/c1-20(2)24-5-7-25(8-6-24)27(31)29-16-11-23(12-17-29)19-32-18-13-22-9-14-28(15-10-22)26(30)21(3)4/h20-25H,5-19H2,1-4H3. The molecule has 1 aliphatic carbocycles. The monoisotopic (exact) mass is 448 g/mol. The minimum absolute atomic E-state index is 0.108. The van der Waals surface area contributed by atoms with E-state index < -0.39 is 0 Å². The van der Waals surface area contributed by atoms with E-state index in [4.69, 9.17) is 4.74 Å². The quantitative estimate of drug-likeness (QED) is 0.492. The van der Waals surface area contributed by atoms with Crippen LogP contribution in [0.3, 0.4) is 0 Å². The van der Waals surface area contributed by atoms with Crippen LogP contribution in [0, 0.1) is 35.5 Å². The first kappa shape index (κ1) is 25.5. The molecule has 0 atom stereocenters. The zero-order valence-corrected chi connectivity index (χ0v) is 21.2. The number of hydrogen-bond acceptors (Lipinski definition) is 3. The number of piperidine rings is 2. The van der Waals surface area contributed by atoms with Gasteiger partial charge < -0.3 is 14.5 Å². The van der Waals surface area contributed by atoms with Gasteiger partial charge in [-0.3, -0.25) is 9.59 Å². The van der Waals surface area contributed by atoms with Crippen LogP contribution in [0.1, 0.15) is 85.5 Å². The summed E-state index contributed by atoms with van der Waals surface area (Å²) >= 11 is 0. The normalized spacial score (nSPS) is 26.2. The second-order valence-electron chi connectivity index (χ2n) is 11.4. The number of nitrogens with zero attached hydrogens (tertiary/aromatic N) is 2. The number of rotatable bonds is 8. The van der Waals surface area contributed by atoms with Crippen molar-refractivity contribution in [1.29, 1.82) is 0 Å². The molecule has 2 amide bonds. The van der Waals surface area contributed by atoms with Gasteiger partial charge in [-0.05, 0) is 81.5 Å². The van der Waals surface area contributed by atoms with Gasteiger partial charge in [0.1, 0.15) is 0 Å². The largest absolute Gasteiger partial charge is 0.381 e. The summed E-state index contributed by atoms with van der Waals surface area (Å²) < 4.78 is 6.05. The molecule has 2 heterocycles. The van der Waals surface area contributed by atoms with E-state index in [2.05, 4.69) is 18.7 Å². The van der Waals surface area contributed by atoms with Gasteiger partial charge in [-0.2, -0.15) is 0 Å². The van der Waals surface area contributed by atoms with Gasteiger partial charge in [-0.15, -0.1) is 0 Å². The van der Waals surface area contributed by atoms with Gasteiger partial charge in [-0.25, -0.2) is 0 Å². The molecule has 2 aliphatic heterocycles. The molecular formula is C27H48N2O3. The average molecular weight is 449 g/mol. The summed E-state index contributed by atoms with van der Waals surface area (Å²) in [6.45, 7) is 13.9. The van der Waals surface area contributed by atoms with Crippen LogP contribution in [0.5, 0.6) is 0 Å². The zero-order chi connectivity index (χ0) is 23.1. The second-order valence-corrected chi connectivity index (χ2v) is 11.4. The van der Waals surface area contributed by atoms with Crippen LogP contribution in [-0.2, 0) is 14.3 Å². The van der Waals surface area contributed by atoms with E-state index in [0.29, 0.717) is 23.7 Å². The Labute approximate surface area is 196 Å². The number of hydrogen-bond donors (Lipinski definition) is 0. The molecule has 0 bridgehead atoms. The van der Waals surface area contributed by atoms with Crippen LogP contribution >= 0.6 is 0 Å². The van der Waals surface area contributed by atoms with Gasteiger partial charge in [0.05, 0.1) is 0 Å². The SMILES string of the molecule is CC(C)C(=O)N1CCC(CCOCC2CCN(C(=O)C3CCC(C(C)C)CC3)CC2)CC1. The van der Waals surface area contributed by atoms with E-state index in [9.17, 15) is 9.59 Å². The van der Waals surface area contributed by atoms with Crippen LogP contribution < -0.4 is 0 Å². The second kappa shape index (κ2) is 12.4. The van der Waals surface area contributed by atoms with Gasteiger partial charge in [-0.1, -0.05) is 27.7 Å². The Balaban J connectivity index is 1.25. The molecule has 0 unspecified atom stereocenters. The highest BCUT2D eigenvalue weighted by Crippen LogP contribution is 2.34. The highest BCUT2D eigenvalue weighted by molar-refractivity contribution is 5.79. The molecule has 5 nitrogen and oxygen atoms in total. The third kappa shape index (κ3) is 7.20. The molecule has 32 heavy (non-hydrogen) atoms. The minimum atomic E-state index is 0.108. The smallest absolute Gasteiger partial charge is 0.225 e. The molecule has 2 saturated heterocycles. The van der Waals surface area contributed by atoms with Gasteiger partial charge in [0, 0.05) is 51.2 Å². The van der Waals surface area contributed by atoms with Crippen LogP contribution in [0.25, 0.3) is 0 Å². The molecule has 184 valence electrons. The van der Waals surface area contributed by atoms with Crippen molar-refractivity contribution in [2.24, 2.45) is 35.5 Å². The molecule has 0 aromatic rings. The van der Waals surface area contributed by atoms with E-state index in [-0.39, 0.29) is 11.8 Å². The summed E-state index contributed by atoms with van der Waals surface area (Å²) in [5.41, 5.74) is 0. The summed E-state index contributed by atoms with van der Waals surface area (Å²) in [6.07, 6.45) is 10.1. The predicted molar refractivity (Wildman–Crippen MR) is 129 cm³/mol. The fraction of sp³-hybridized carbons (Fsp3) is 0.926. The first-order chi connectivity index (χ1) is 15.3. The molecule has 0 aromatic carbocycles. The summed E-state index contributed by atoms with van der Waals surface area (Å²) in [5.74, 6) is 3.97. The Bertz CT molecular complexity index is 582. The lowest BCUT2D eigenvalue weighted by Crippen LogP contribution is -2.43. The number of amides is 2. The van der Waals surface area contributed by atoms with E-state index in [1.807, 2.05) is 18.7 Å². The van der Waals surface area contributed by atoms with E-state index >= 15 is 0 Å². The van der Waals surface area contributed by atoms with Crippen molar-refractivity contribution in [3.63, 3.8) is 0 Å². The van der Waals surface area contributed by atoms with Crippen molar-refractivity contribution in [3.05, 3.63) is 0 Å². The molecule has 0 radical (unpaired) electrons. The molecule has 0 spiro atoms. The number of likely N-dealkylation sites (tertiary alicyclic amines) is 2. The fourth-order valence-electron chi connectivity index (χ4n) is 5.92. The molecule has 5 heteroatoms. The molecule has 3 aliphatic rings. The maximum Gasteiger partial charge on any atom is 0.225 e. The fourth-order valence-corrected chi connectivity index (χ4v) is 5.92. The van der Waals surface area contributed by atoms with Gasteiger partial charge in [0.15, 0.2) is 0 Å². The predicted octanol–water partition coefficient (Wildman–Crippen LogP) is 4.99. The van der Waals surface area contributed by atoms with Gasteiger partial charge in [0.2, 0.25) is 11.8 Å². The Morgan fingerprint density at radius 2 is 1.34 bits per heavy atom. The van der Waals surface area contributed by atoms with Crippen LogP contribution in [0.4, 0.5) is 0 Å². The first-order valence-corrected chi connectivity index (χ1v) is 13.5. The Morgan fingerprint density at radius 3 is 1.91 bits per heavy atom. The molecular weight excluding hydrogens is 400 g/mol. The molecule has 0 aromatic heterocycles. The lowest BCUT2D eigenvalue weighted by Gasteiger charge is -2.37. The summed E-state index contributed by atoms with van der Waals surface area (Å²) in [7, 11) is 0. The average Bonchev–Trinajstić information content (AvgIpc) is 2.81. The van der Waals surface area contributed by atoms with E-state index in [1.54, 1.807) is 0 Å². The lowest BCUT2D eigenvalue weighted by atomic mass is 9.76. The summed E-state index contributed by atoms with van der Waals surface area (Å²) in [4.78, 5) is 29.2. The highest BCUT2D eigenvalue weighted by atomic mass is 16.5. The maximum atomic E-state index is 12.9. The van der Waals surface area contributed by atoms with Crippen molar-refractivity contribution in [3.8, 4) is 0 Å². The Morgan fingerprint density at radius 1 is 0.781 bits per heavy atom. The first-order valence-electron chi connectivity index (χ1n) is 13.5. The number of carbonyl (C=O) groups is 2. The highest BCUT2D eigenvalue weighted by Gasteiger charge is 2.32. The Hall–Kier alpha value is -1.10. The van der Waals surface area contributed by atoms with Crippen molar-refractivity contribution >= 4 is 11.8 Å².